The van der Waals surface area contributed by atoms with Crippen molar-refractivity contribution in [1.82, 2.24) is 20.9 Å². The van der Waals surface area contributed by atoms with Crippen LogP contribution in [0.3, 0.4) is 0 Å². The number of ether oxygens (including phenoxy) is 1. The Kier molecular flexibility index (Phi) is 5.72. The lowest BCUT2D eigenvalue weighted by Gasteiger charge is -2.34. The molecule has 3 N–H and O–H groups in total. The van der Waals surface area contributed by atoms with Crippen LogP contribution in [0.2, 0.25) is 0 Å². The number of methoxy groups -OCH3 is 1. The summed E-state index contributed by atoms with van der Waals surface area (Å²) in [6.07, 6.45) is 1.48. The van der Waals surface area contributed by atoms with Gasteiger partial charge in [0.25, 0.3) is 5.91 Å². The Labute approximate surface area is 152 Å². The average molecular weight is 360 g/mol. The molecule has 2 saturated heterocycles. The molecule has 1 aromatic rings. The normalized spacial score (nSPS) is 23.1. The molecule has 0 aromatic heterocycles. The first-order valence-corrected chi connectivity index (χ1v) is 8.83. The number of carbonyl (C=O) groups excluding carboxylic acids is 3. The summed E-state index contributed by atoms with van der Waals surface area (Å²) >= 11 is 0. The van der Waals surface area contributed by atoms with Crippen LogP contribution in [-0.2, 0) is 9.59 Å². The predicted octanol–water partition coefficient (Wildman–Crippen LogP) is -0.496. The number of hydrogen-bond donors (Lipinski definition) is 3. The Hall–Kier alpha value is -2.61. The van der Waals surface area contributed by atoms with Gasteiger partial charge in [-0.2, -0.15) is 0 Å². The lowest BCUT2D eigenvalue weighted by molar-refractivity contribution is -0.131. The van der Waals surface area contributed by atoms with Crippen molar-refractivity contribution in [2.45, 2.75) is 24.9 Å². The maximum atomic E-state index is 12.7. The molecule has 2 atom stereocenters. The summed E-state index contributed by atoms with van der Waals surface area (Å²) in [5, 5.41) is 8.65. The van der Waals surface area contributed by atoms with Crippen molar-refractivity contribution >= 4 is 17.7 Å². The molecular weight excluding hydrogens is 336 g/mol. The van der Waals surface area contributed by atoms with Crippen LogP contribution in [0.5, 0.6) is 5.75 Å². The summed E-state index contributed by atoms with van der Waals surface area (Å²) in [7, 11) is 1.57. The molecule has 0 radical (unpaired) electrons. The highest BCUT2D eigenvalue weighted by atomic mass is 16.5. The van der Waals surface area contributed by atoms with Crippen LogP contribution in [0, 0.1) is 0 Å². The van der Waals surface area contributed by atoms with Gasteiger partial charge < -0.3 is 25.6 Å². The molecule has 3 amide bonds. The fourth-order valence-corrected chi connectivity index (χ4v) is 3.21. The van der Waals surface area contributed by atoms with Crippen molar-refractivity contribution < 1.29 is 19.1 Å². The zero-order valence-electron chi connectivity index (χ0n) is 14.8. The van der Waals surface area contributed by atoms with Crippen molar-refractivity contribution in [3.05, 3.63) is 29.8 Å². The molecule has 0 bridgehead atoms. The Balaban J connectivity index is 1.59. The number of piperazine rings is 1. The van der Waals surface area contributed by atoms with E-state index in [1.165, 1.54) is 0 Å². The molecule has 2 heterocycles. The minimum atomic E-state index is -0.527. The average Bonchev–Trinajstić information content (AvgIpc) is 2.69. The van der Waals surface area contributed by atoms with E-state index in [0.29, 0.717) is 37.4 Å². The Morgan fingerprint density at radius 3 is 2.69 bits per heavy atom. The van der Waals surface area contributed by atoms with Gasteiger partial charge >= 0.3 is 0 Å². The number of benzene rings is 1. The number of hydrogen-bond acceptors (Lipinski definition) is 5. The number of rotatable bonds is 4. The van der Waals surface area contributed by atoms with Crippen molar-refractivity contribution in [1.29, 1.82) is 0 Å². The molecule has 0 unspecified atom stereocenters. The Morgan fingerprint density at radius 2 is 2.00 bits per heavy atom. The summed E-state index contributed by atoms with van der Waals surface area (Å²) in [4.78, 5) is 38.6. The van der Waals surface area contributed by atoms with E-state index >= 15 is 0 Å². The fraction of sp³-hybridized carbons (Fsp3) is 0.500. The molecule has 2 aliphatic rings. The van der Waals surface area contributed by atoms with Crippen LogP contribution < -0.4 is 20.7 Å². The minimum Gasteiger partial charge on any atom is -0.497 e. The van der Waals surface area contributed by atoms with Crippen LogP contribution in [0.4, 0.5) is 0 Å². The second-order valence-corrected chi connectivity index (χ2v) is 6.48. The first-order chi connectivity index (χ1) is 12.6. The third kappa shape index (κ3) is 4.13. The summed E-state index contributed by atoms with van der Waals surface area (Å²) in [5.41, 5.74) is 0.554. The van der Waals surface area contributed by atoms with E-state index in [0.717, 1.165) is 6.42 Å². The van der Waals surface area contributed by atoms with E-state index in [9.17, 15) is 14.4 Å². The molecule has 0 spiro atoms. The van der Waals surface area contributed by atoms with Crippen LogP contribution in [0.25, 0.3) is 0 Å². The van der Waals surface area contributed by atoms with Gasteiger partial charge in [0.2, 0.25) is 11.8 Å². The SMILES string of the molecule is COc1ccc(C(=O)N2CCN[C@@H](C(=O)N[C@@H]3CCCNC3=O)C2)cc1. The summed E-state index contributed by atoms with van der Waals surface area (Å²) < 4.78 is 5.10. The maximum absolute atomic E-state index is 12.7. The van der Waals surface area contributed by atoms with Crippen molar-refractivity contribution in [3.63, 3.8) is 0 Å². The smallest absolute Gasteiger partial charge is 0.253 e. The number of nitrogens with one attached hydrogen (secondary N) is 3. The third-order valence-electron chi connectivity index (χ3n) is 4.72. The number of nitrogens with zero attached hydrogens (tertiary/aromatic N) is 1. The van der Waals surface area contributed by atoms with Gasteiger partial charge in [-0.05, 0) is 37.1 Å². The minimum absolute atomic E-state index is 0.123. The molecule has 1 aromatic carbocycles. The summed E-state index contributed by atoms with van der Waals surface area (Å²) in [6.45, 7) is 1.97. The second kappa shape index (κ2) is 8.18. The van der Waals surface area contributed by atoms with Crippen LogP contribution in [0.1, 0.15) is 23.2 Å². The molecular formula is C18H24N4O4. The first kappa shape index (κ1) is 18.2. The van der Waals surface area contributed by atoms with Gasteiger partial charge in [0.1, 0.15) is 17.8 Å². The summed E-state index contributed by atoms with van der Waals surface area (Å²) in [5.74, 6) is 0.165. The number of carbonyl (C=O) groups is 3. The third-order valence-corrected chi connectivity index (χ3v) is 4.72. The van der Waals surface area contributed by atoms with Gasteiger partial charge in [0.05, 0.1) is 7.11 Å². The van der Waals surface area contributed by atoms with E-state index in [2.05, 4.69) is 16.0 Å². The monoisotopic (exact) mass is 360 g/mol. The Morgan fingerprint density at radius 1 is 1.23 bits per heavy atom. The molecule has 2 fully saturated rings. The van der Waals surface area contributed by atoms with Gasteiger partial charge in [-0.25, -0.2) is 0 Å². The summed E-state index contributed by atoms with van der Waals surface area (Å²) in [6, 6.07) is 5.88. The van der Waals surface area contributed by atoms with Gasteiger partial charge in [-0.1, -0.05) is 0 Å². The second-order valence-electron chi connectivity index (χ2n) is 6.48. The van der Waals surface area contributed by atoms with Crippen LogP contribution in [-0.4, -0.2) is 68.0 Å². The molecule has 8 nitrogen and oxygen atoms in total. The standard InChI is InChI=1S/C18H24N4O4/c1-26-13-6-4-12(5-7-13)18(25)22-10-9-19-15(11-22)17(24)21-14-3-2-8-20-16(14)23/h4-7,14-15,19H,2-3,8-11H2,1H3,(H,20,23)(H,21,24)/t14-,15-/m1/s1. The largest absolute Gasteiger partial charge is 0.497 e. The molecule has 140 valence electrons. The zero-order chi connectivity index (χ0) is 18.5. The molecule has 0 aliphatic carbocycles. The van der Waals surface area contributed by atoms with Gasteiger partial charge in [0.15, 0.2) is 0 Å². The maximum Gasteiger partial charge on any atom is 0.253 e. The molecule has 0 saturated carbocycles. The zero-order valence-corrected chi connectivity index (χ0v) is 14.8. The quantitative estimate of drug-likeness (QED) is 0.673. The molecule has 26 heavy (non-hydrogen) atoms. The van der Waals surface area contributed by atoms with E-state index < -0.39 is 12.1 Å². The van der Waals surface area contributed by atoms with Crippen LogP contribution >= 0.6 is 0 Å². The van der Waals surface area contributed by atoms with Crippen molar-refractivity contribution in [3.8, 4) is 5.75 Å². The first-order valence-electron chi connectivity index (χ1n) is 8.83. The van der Waals surface area contributed by atoms with Crippen LogP contribution in [0.15, 0.2) is 24.3 Å². The lowest BCUT2D eigenvalue weighted by atomic mass is 10.1. The fourth-order valence-electron chi connectivity index (χ4n) is 3.21. The van der Waals surface area contributed by atoms with E-state index in [-0.39, 0.29) is 24.3 Å². The highest BCUT2D eigenvalue weighted by molar-refractivity contribution is 5.95. The number of amides is 3. The van der Waals surface area contributed by atoms with Gasteiger partial charge in [0, 0.05) is 31.7 Å². The van der Waals surface area contributed by atoms with Gasteiger partial charge in [-0.15, -0.1) is 0 Å². The van der Waals surface area contributed by atoms with E-state index in [4.69, 9.17) is 4.74 Å². The topological polar surface area (TPSA) is 99.8 Å². The van der Waals surface area contributed by atoms with Crippen molar-refractivity contribution in [2.24, 2.45) is 0 Å². The highest BCUT2D eigenvalue weighted by Crippen LogP contribution is 2.14. The Bertz CT molecular complexity index is 676. The predicted molar refractivity (Wildman–Crippen MR) is 94.9 cm³/mol. The lowest BCUT2D eigenvalue weighted by Crippen LogP contribution is -2.61. The molecule has 8 heteroatoms. The van der Waals surface area contributed by atoms with E-state index in [1.807, 2.05) is 0 Å². The highest BCUT2D eigenvalue weighted by Gasteiger charge is 2.31. The van der Waals surface area contributed by atoms with Gasteiger partial charge in [-0.3, -0.25) is 14.4 Å². The molecule has 3 rings (SSSR count). The number of piperidine rings is 1. The van der Waals surface area contributed by atoms with Crippen molar-refractivity contribution in [2.75, 3.05) is 33.3 Å². The molecule has 2 aliphatic heterocycles. The van der Waals surface area contributed by atoms with E-state index in [1.54, 1.807) is 36.3 Å².